The van der Waals surface area contributed by atoms with E-state index in [0.29, 0.717) is 11.1 Å². The largest absolute Gasteiger partial charge is 0.478 e. The molecule has 0 aromatic heterocycles. The minimum Gasteiger partial charge on any atom is -0.478 e. The van der Waals surface area contributed by atoms with E-state index in [0.717, 1.165) is 68.6 Å². The number of aromatic carboxylic acids is 1. The fourth-order valence-electron chi connectivity index (χ4n) is 4.34. The highest BCUT2D eigenvalue weighted by Gasteiger charge is 2.27. The second-order valence-electron chi connectivity index (χ2n) is 8.43. The minimum absolute atomic E-state index is 0.0853. The summed E-state index contributed by atoms with van der Waals surface area (Å²) in [4.78, 5) is 23.4. The van der Waals surface area contributed by atoms with Gasteiger partial charge >= 0.3 is 5.97 Å². The van der Waals surface area contributed by atoms with Crippen LogP contribution in [0.15, 0.2) is 36.4 Å². The third-order valence-corrected chi connectivity index (χ3v) is 6.46. The highest BCUT2D eigenvalue weighted by atomic mass is 16.4. The molecule has 33 heavy (non-hydrogen) atoms. The van der Waals surface area contributed by atoms with Gasteiger partial charge in [-0.15, -0.1) is 6.42 Å². The molecule has 0 unspecified atom stereocenters. The van der Waals surface area contributed by atoms with Crippen LogP contribution in [0.1, 0.15) is 71.4 Å². The van der Waals surface area contributed by atoms with Crippen LogP contribution in [0.5, 0.6) is 0 Å². The second-order valence-corrected chi connectivity index (χ2v) is 8.43. The molecule has 0 bridgehead atoms. The van der Waals surface area contributed by atoms with Crippen molar-refractivity contribution in [3.8, 4) is 12.3 Å². The highest BCUT2D eigenvalue weighted by Crippen LogP contribution is 2.27. The van der Waals surface area contributed by atoms with Gasteiger partial charge in [-0.1, -0.05) is 44.0 Å². The molecule has 2 heterocycles. The SMILES string of the molecule is C#CC(CC)(CC)NC(=O)c1cccc2c1NCCC2.O=C(O)c1cccc2c1NCCC2. The predicted octanol–water partition coefficient (Wildman–Crippen LogP) is 4.71. The van der Waals surface area contributed by atoms with E-state index in [1.807, 2.05) is 32.0 Å². The summed E-state index contributed by atoms with van der Waals surface area (Å²) in [5.74, 6) is 1.80. The second kappa shape index (κ2) is 10.9. The molecule has 0 atom stereocenters. The van der Waals surface area contributed by atoms with E-state index in [1.165, 1.54) is 5.56 Å². The Kier molecular flexibility index (Phi) is 8.00. The third kappa shape index (κ3) is 5.48. The zero-order valence-corrected chi connectivity index (χ0v) is 19.5. The summed E-state index contributed by atoms with van der Waals surface area (Å²) in [5.41, 5.74) is 4.64. The number of nitrogens with one attached hydrogen (secondary N) is 3. The molecule has 6 nitrogen and oxygen atoms in total. The Hall–Kier alpha value is -3.46. The minimum atomic E-state index is -0.855. The Morgan fingerprint density at radius 1 is 0.970 bits per heavy atom. The summed E-state index contributed by atoms with van der Waals surface area (Å²) >= 11 is 0. The van der Waals surface area contributed by atoms with E-state index < -0.39 is 11.5 Å². The van der Waals surface area contributed by atoms with Crippen molar-refractivity contribution in [2.45, 2.75) is 57.9 Å². The van der Waals surface area contributed by atoms with Crippen molar-refractivity contribution in [3.05, 3.63) is 58.7 Å². The molecular weight excluding hydrogens is 414 g/mol. The van der Waals surface area contributed by atoms with Crippen molar-refractivity contribution < 1.29 is 14.7 Å². The molecule has 6 heteroatoms. The summed E-state index contributed by atoms with van der Waals surface area (Å²) < 4.78 is 0. The number of amides is 1. The quantitative estimate of drug-likeness (QED) is 0.499. The molecule has 0 saturated carbocycles. The van der Waals surface area contributed by atoms with Crippen LogP contribution in [0, 0.1) is 12.3 Å². The fraction of sp³-hybridized carbons (Fsp3) is 0.407. The Balaban J connectivity index is 0.000000203. The van der Waals surface area contributed by atoms with Crippen LogP contribution in [0.4, 0.5) is 11.4 Å². The van der Waals surface area contributed by atoms with Crippen LogP contribution >= 0.6 is 0 Å². The maximum Gasteiger partial charge on any atom is 0.337 e. The maximum absolute atomic E-state index is 12.6. The molecule has 2 aliphatic heterocycles. The number of para-hydroxylation sites is 2. The molecule has 2 aliphatic rings. The summed E-state index contributed by atoms with van der Waals surface area (Å²) in [6.45, 7) is 5.79. The van der Waals surface area contributed by atoms with Gasteiger partial charge in [-0.05, 0) is 61.8 Å². The van der Waals surface area contributed by atoms with Gasteiger partial charge in [0.2, 0.25) is 0 Å². The molecular formula is C27H33N3O3. The average molecular weight is 448 g/mol. The molecule has 4 N–H and O–H groups in total. The number of hydrogen-bond acceptors (Lipinski definition) is 4. The molecule has 0 fully saturated rings. The van der Waals surface area contributed by atoms with Gasteiger partial charge in [-0.2, -0.15) is 0 Å². The van der Waals surface area contributed by atoms with Gasteiger partial charge in [0.15, 0.2) is 0 Å². The van der Waals surface area contributed by atoms with E-state index in [-0.39, 0.29) is 5.91 Å². The van der Waals surface area contributed by atoms with Gasteiger partial charge in [0, 0.05) is 13.1 Å². The van der Waals surface area contributed by atoms with Crippen molar-refractivity contribution >= 4 is 23.3 Å². The molecule has 2 aromatic rings. The van der Waals surface area contributed by atoms with Gasteiger partial charge in [-0.3, -0.25) is 4.79 Å². The van der Waals surface area contributed by atoms with Gasteiger partial charge < -0.3 is 21.1 Å². The number of rotatable bonds is 5. The Bertz CT molecular complexity index is 1050. The Labute approximate surface area is 196 Å². The maximum atomic E-state index is 12.6. The molecule has 0 spiro atoms. The highest BCUT2D eigenvalue weighted by molar-refractivity contribution is 6.01. The van der Waals surface area contributed by atoms with E-state index in [2.05, 4.69) is 27.9 Å². The number of terminal acetylenes is 1. The molecule has 174 valence electrons. The third-order valence-electron chi connectivity index (χ3n) is 6.46. The van der Waals surface area contributed by atoms with Crippen LogP contribution in [-0.2, 0) is 12.8 Å². The molecule has 0 saturated heterocycles. The number of benzene rings is 2. The lowest BCUT2D eigenvalue weighted by atomic mass is 9.92. The average Bonchev–Trinajstić information content (AvgIpc) is 2.87. The van der Waals surface area contributed by atoms with Crippen LogP contribution < -0.4 is 16.0 Å². The first-order chi connectivity index (χ1) is 15.9. The molecule has 1 amide bonds. The van der Waals surface area contributed by atoms with Crippen molar-refractivity contribution in [1.29, 1.82) is 0 Å². The number of hydrogen-bond donors (Lipinski definition) is 4. The van der Waals surface area contributed by atoms with E-state index in [9.17, 15) is 9.59 Å². The van der Waals surface area contributed by atoms with Gasteiger partial charge in [0.05, 0.1) is 22.5 Å². The summed E-state index contributed by atoms with van der Waals surface area (Å²) in [5, 5.41) is 18.4. The first-order valence-corrected chi connectivity index (χ1v) is 11.7. The van der Waals surface area contributed by atoms with E-state index >= 15 is 0 Å². The molecule has 0 aliphatic carbocycles. The first-order valence-electron chi connectivity index (χ1n) is 11.7. The van der Waals surface area contributed by atoms with Gasteiger partial charge in [0.25, 0.3) is 5.91 Å². The number of carboxylic acids is 1. The fourth-order valence-corrected chi connectivity index (χ4v) is 4.34. The van der Waals surface area contributed by atoms with Gasteiger partial charge in [-0.25, -0.2) is 4.79 Å². The first kappa shape index (κ1) is 24.2. The predicted molar refractivity (Wildman–Crippen MR) is 133 cm³/mol. The van der Waals surface area contributed by atoms with Crippen molar-refractivity contribution in [1.82, 2.24) is 5.32 Å². The molecule has 2 aromatic carbocycles. The zero-order valence-electron chi connectivity index (χ0n) is 19.5. The smallest absolute Gasteiger partial charge is 0.337 e. The number of carboxylic acid groups (broad SMARTS) is 1. The van der Waals surface area contributed by atoms with Crippen LogP contribution in [0.3, 0.4) is 0 Å². The van der Waals surface area contributed by atoms with Crippen molar-refractivity contribution in [2.24, 2.45) is 0 Å². The number of aryl methyl sites for hydroxylation is 2. The molecule has 0 radical (unpaired) electrons. The number of carbonyl (C=O) groups excluding carboxylic acids is 1. The summed E-state index contributed by atoms with van der Waals surface area (Å²) in [6.07, 6.45) is 11.3. The normalized spacial score (nSPS) is 14.1. The van der Waals surface area contributed by atoms with Crippen molar-refractivity contribution in [3.63, 3.8) is 0 Å². The number of fused-ring (bicyclic) bond motifs is 2. The summed E-state index contributed by atoms with van der Waals surface area (Å²) in [6, 6.07) is 11.3. The van der Waals surface area contributed by atoms with Gasteiger partial charge in [0.1, 0.15) is 5.54 Å². The Morgan fingerprint density at radius 2 is 1.48 bits per heavy atom. The zero-order chi connectivity index (χ0) is 23.8. The summed E-state index contributed by atoms with van der Waals surface area (Å²) in [7, 11) is 0. The Morgan fingerprint density at radius 3 is 1.97 bits per heavy atom. The monoisotopic (exact) mass is 447 g/mol. The number of carbonyl (C=O) groups is 2. The van der Waals surface area contributed by atoms with Crippen LogP contribution in [0.25, 0.3) is 0 Å². The lowest BCUT2D eigenvalue weighted by molar-refractivity contribution is 0.0697. The van der Waals surface area contributed by atoms with E-state index in [1.54, 1.807) is 12.1 Å². The van der Waals surface area contributed by atoms with Crippen LogP contribution in [0.2, 0.25) is 0 Å². The van der Waals surface area contributed by atoms with E-state index in [4.69, 9.17) is 11.5 Å². The lowest BCUT2D eigenvalue weighted by Crippen LogP contribution is -2.46. The van der Waals surface area contributed by atoms with Crippen LogP contribution in [-0.4, -0.2) is 35.6 Å². The topological polar surface area (TPSA) is 90.5 Å². The molecule has 4 rings (SSSR count). The van der Waals surface area contributed by atoms with Crippen molar-refractivity contribution in [2.75, 3.05) is 23.7 Å². The number of anilines is 2. The lowest BCUT2D eigenvalue weighted by Gasteiger charge is -2.28. The standard InChI is InChI=1S/C17H22N2O.C10H11NO2/c1-4-17(5-2,6-3)19-16(20)14-11-7-9-13-10-8-12-18-15(13)14;12-10(13)8-5-1-3-7-4-2-6-11-9(7)8/h1,7,9,11,18H,5-6,8,10,12H2,2-3H3,(H,19,20);1,3,5,11H,2,4,6H2,(H,12,13).